The molecule has 2 nitrogen and oxygen atoms in total. The Morgan fingerprint density at radius 1 is 1.14 bits per heavy atom. The lowest BCUT2D eigenvalue weighted by atomic mass is 9.90. The van der Waals surface area contributed by atoms with Crippen molar-refractivity contribution in [3.05, 3.63) is 71.2 Å². The minimum atomic E-state index is -0.192. The van der Waals surface area contributed by atoms with Gasteiger partial charge in [-0.1, -0.05) is 30.3 Å². The number of hydrogen-bond acceptors (Lipinski definition) is 1. The van der Waals surface area contributed by atoms with Gasteiger partial charge in [-0.15, -0.1) is 0 Å². The van der Waals surface area contributed by atoms with Gasteiger partial charge in [-0.25, -0.2) is 4.39 Å². The SMILES string of the molecule is Cc1c(C(CN)Cc2cccc(F)c2)c2ccccc2n1C. The fourth-order valence-electron chi connectivity index (χ4n) is 3.32. The monoisotopic (exact) mass is 296 g/mol. The van der Waals surface area contributed by atoms with E-state index in [9.17, 15) is 4.39 Å². The number of benzene rings is 2. The molecule has 1 heterocycles. The van der Waals surface area contributed by atoms with Crippen LogP contribution in [0.4, 0.5) is 4.39 Å². The minimum Gasteiger partial charge on any atom is -0.348 e. The van der Waals surface area contributed by atoms with E-state index in [-0.39, 0.29) is 11.7 Å². The number of hydrogen-bond donors (Lipinski definition) is 1. The largest absolute Gasteiger partial charge is 0.348 e. The zero-order chi connectivity index (χ0) is 15.7. The maximum atomic E-state index is 13.4. The Labute approximate surface area is 130 Å². The van der Waals surface area contributed by atoms with Crippen LogP contribution in [-0.2, 0) is 13.5 Å². The molecule has 0 amide bonds. The highest BCUT2D eigenvalue weighted by Crippen LogP contribution is 2.32. The second kappa shape index (κ2) is 5.93. The zero-order valence-corrected chi connectivity index (χ0v) is 13.0. The van der Waals surface area contributed by atoms with Crippen molar-refractivity contribution in [3.63, 3.8) is 0 Å². The molecule has 0 bridgehead atoms. The first-order valence-electron chi connectivity index (χ1n) is 7.60. The lowest BCUT2D eigenvalue weighted by Crippen LogP contribution is -2.16. The molecule has 2 aromatic carbocycles. The molecule has 0 saturated carbocycles. The number of fused-ring (bicyclic) bond motifs is 1. The summed E-state index contributed by atoms with van der Waals surface area (Å²) in [5.74, 6) is -0.00388. The number of rotatable bonds is 4. The predicted octanol–water partition coefficient (Wildman–Crippen LogP) is 3.91. The van der Waals surface area contributed by atoms with Gasteiger partial charge in [0.15, 0.2) is 0 Å². The molecular weight excluding hydrogens is 275 g/mol. The summed E-state index contributed by atoms with van der Waals surface area (Å²) in [4.78, 5) is 0. The molecule has 0 aliphatic rings. The van der Waals surface area contributed by atoms with Crippen molar-refractivity contribution in [2.45, 2.75) is 19.3 Å². The molecular formula is C19H21FN2. The molecule has 3 heteroatoms. The number of nitrogens with two attached hydrogens (primary N) is 1. The van der Waals surface area contributed by atoms with E-state index in [1.807, 2.05) is 6.07 Å². The summed E-state index contributed by atoms with van der Waals surface area (Å²) in [6.45, 7) is 2.68. The van der Waals surface area contributed by atoms with E-state index in [2.05, 4.69) is 42.8 Å². The fraction of sp³-hybridized carbons (Fsp3) is 0.263. The second-order valence-corrected chi connectivity index (χ2v) is 5.84. The van der Waals surface area contributed by atoms with Gasteiger partial charge in [-0.3, -0.25) is 0 Å². The summed E-state index contributed by atoms with van der Waals surface area (Å²) in [5.41, 5.74) is 10.8. The Balaban J connectivity index is 2.06. The van der Waals surface area contributed by atoms with Gasteiger partial charge in [-0.2, -0.15) is 0 Å². The van der Waals surface area contributed by atoms with Crippen LogP contribution in [0.15, 0.2) is 48.5 Å². The van der Waals surface area contributed by atoms with E-state index in [0.29, 0.717) is 6.54 Å². The van der Waals surface area contributed by atoms with E-state index < -0.39 is 0 Å². The Bertz CT molecular complexity index is 804. The Morgan fingerprint density at radius 3 is 2.64 bits per heavy atom. The van der Waals surface area contributed by atoms with E-state index in [0.717, 1.165) is 12.0 Å². The lowest BCUT2D eigenvalue weighted by Gasteiger charge is -2.16. The van der Waals surface area contributed by atoms with E-state index >= 15 is 0 Å². The quantitative estimate of drug-likeness (QED) is 0.777. The molecule has 0 fully saturated rings. The summed E-state index contributed by atoms with van der Waals surface area (Å²) >= 11 is 0. The predicted molar refractivity (Wildman–Crippen MR) is 89.6 cm³/mol. The van der Waals surface area contributed by atoms with Crippen LogP contribution in [-0.4, -0.2) is 11.1 Å². The Hall–Kier alpha value is -2.13. The standard InChI is InChI=1S/C19H21FN2/c1-13-19(17-8-3-4-9-18(17)22(13)2)15(12-21)10-14-6-5-7-16(20)11-14/h3-9,11,15H,10,12,21H2,1-2H3. The van der Waals surface area contributed by atoms with Gasteiger partial charge in [0.2, 0.25) is 0 Å². The fourth-order valence-corrected chi connectivity index (χ4v) is 3.32. The topological polar surface area (TPSA) is 30.9 Å². The number of nitrogens with zero attached hydrogens (tertiary/aromatic N) is 1. The highest BCUT2D eigenvalue weighted by Gasteiger charge is 2.20. The summed E-state index contributed by atoms with van der Waals surface area (Å²) in [6.07, 6.45) is 0.753. The van der Waals surface area contributed by atoms with E-state index in [1.165, 1.54) is 28.2 Å². The number of halogens is 1. The van der Waals surface area contributed by atoms with Crippen molar-refractivity contribution < 1.29 is 4.39 Å². The van der Waals surface area contributed by atoms with Crippen molar-refractivity contribution in [3.8, 4) is 0 Å². The molecule has 1 atom stereocenters. The Kier molecular flexibility index (Phi) is 3.99. The highest BCUT2D eigenvalue weighted by molar-refractivity contribution is 5.86. The molecule has 0 aliphatic carbocycles. The third kappa shape index (κ3) is 2.53. The lowest BCUT2D eigenvalue weighted by molar-refractivity contribution is 0.620. The smallest absolute Gasteiger partial charge is 0.123 e. The highest BCUT2D eigenvalue weighted by atomic mass is 19.1. The third-order valence-electron chi connectivity index (χ3n) is 4.51. The van der Waals surface area contributed by atoms with Gasteiger partial charge in [0.1, 0.15) is 5.82 Å². The molecule has 0 saturated heterocycles. The van der Waals surface area contributed by atoms with Crippen molar-refractivity contribution in [2.75, 3.05) is 6.54 Å². The summed E-state index contributed by atoms with van der Waals surface area (Å²) in [5, 5.41) is 1.24. The average molecular weight is 296 g/mol. The van der Waals surface area contributed by atoms with Gasteiger partial charge in [-0.05, 0) is 49.2 Å². The second-order valence-electron chi connectivity index (χ2n) is 5.84. The number of para-hydroxylation sites is 1. The molecule has 114 valence electrons. The molecule has 0 spiro atoms. The van der Waals surface area contributed by atoms with Crippen LogP contribution >= 0.6 is 0 Å². The van der Waals surface area contributed by atoms with Crippen LogP contribution < -0.4 is 5.73 Å². The van der Waals surface area contributed by atoms with Gasteiger partial charge in [0.05, 0.1) is 0 Å². The van der Waals surface area contributed by atoms with Gasteiger partial charge < -0.3 is 10.3 Å². The van der Waals surface area contributed by atoms with E-state index in [4.69, 9.17) is 5.73 Å². The molecule has 22 heavy (non-hydrogen) atoms. The average Bonchev–Trinajstić information content (AvgIpc) is 2.77. The summed E-state index contributed by atoms with van der Waals surface area (Å²) in [6, 6.07) is 15.2. The molecule has 3 aromatic rings. The van der Waals surface area contributed by atoms with Gasteiger partial charge in [0, 0.05) is 29.6 Å². The normalized spacial score (nSPS) is 12.7. The first-order chi connectivity index (χ1) is 10.6. The first kappa shape index (κ1) is 14.8. The molecule has 1 unspecified atom stereocenters. The summed E-state index contributed by atoms with van der Waals surface area (Å²) < 4.78 is 15.6. The molecule has 1 aromatic heterocycles. The number of aryl methyl sites for hydroxylation is 1. The van der Waals surface area contributed by atoms with Crippen molar-refractivity contribution in [1.29, 1.82) is 0 Å². The Morgan fingerprint density at radius 2 is 1.91 bits per heavy atom. The van der Waals surface area contributed by atoms with Gasteiger partial charge >= 0.3 is 0 Å². The number of aromatic nitrogens is 1. The van der Waals surface area contributed by atoms with Crippen LogP contribution in [0.5, 0.6) is 0 Å². The maximum absolute atomic E-state index is 13.4. The van der Waals surface area contributed by atoms with Crippen molar-refractivity contribution in [2.24, 2.45) is 12.8 Å². The van der Waals surface area contributed by atoms with Crippen LogP contribution in [0, 0.1) is 12.7 Å². The van der Waals surface area contributed by atoms with Crippen molar-refractivity contribution >= 4 is 10.9 Å². The van der Waals surface area contributed by atoms with Crippen LogP contribution in [0.1, 0.15) is 22.7 Å². The molecule has 0 aliphatic heterocycles. The van der Waals surface area contributed by atoms with Crippen LogP contribution in [0.3, 0.4) is 0 Å². The van der Waals surface area contributed by atoms with E-state index in [1.54, 1.807) is 12.1 Å². The van der Waals surface area contributed by atoms with Gasteiger partial charge in [0.25, 0.3) is 0 Å². The third-order valence-corrected chi connectivity index (χ3v) is 4.51. The zero-order valence-electron chi connectivity index (χ0n) is 13.0. The van der Waals surface area contributed by atoms with Crippen molar-refractivity contribution in [1.82, 2.24) is 4.57 Å². The molecule has 3 rings (SSSR count). The minimum absolute atomic E-state index is 0.188. The molecule has 0 radical (unpaired) electrons. The maximum Gasteiger partial charge on any atom is 0.123 e. The summed E-state index contributed by atoms with van der Waals surface area (Å²) in [7, 11) is 2.08. The molecule has 2 N–H and O–H groups in total. The first-order valence-corrected chi connectivity index (χ1v) is 7.60. The van der Waals surface area contributed by atoms with Crippen LogP contribution in [0.2, 0.25) is 0 Å². The van der Waals surface area contributed by atoms with Crippen LogP contribution in [0.25, 0.3) is 10.9 Å².